The van der Waals surface area contributed by atoms with E-state index in [1.54, 1.807) is 31.2 Å². The molecule has 0 radical (unpaired) electrons. The van der Waals surface area contributed by atoms with Crippen LogP contribution in [-0.2, 0) is 0 Å². The zero-order valence-electron chi connectivity index (χ0n) is 27.5. The second kappa shape index (κ2) is 13.0. The summed E-state index contributed by atoms with van der Waals surface area (Å²) >= 11 is 0. The molecular weight excluding hydrogens is 639 g/mol. The Balaban J connectivity index is 1.57. The topological polar surface area (TPSA) is 108 Å². The highest BCUT2D eigenvalue weighted by molar-refractivity contribution is 6.25. The van der Waals surface area contributed by atoms with Gasteiger partial charge >= 0.3 is 0 Å². The van der Waals surface area contributed by atoms with Crippen molar-refractivity contribution < 1.29 is 0 Å². The molecule has 7 rings (SSSR count). The summed E-state index contributed by atoms with van der Waals surface area (Å²) in [5, 5.41) is 48.0. The molecule has 1 unspecified atom stereocenters. The Morgan fingerprint density at radius 1 is 0.500 bits per heavy atom. The summed E-state index contributed by atoms with van der Waals surface area (Å²) in [6, 6.07) is 40.1. The second-order valence-electron chi connectivity index (χ2n) is 12.2. The molecule has 0 N–H and O–H groups in total. The molecule has 52 heavy (non-hydrogen) atoms. The Morgan fingerprint density at radius 2 is 1.02 bits per heavy atom. The summed E-state index contributed by atoms with van der Waals surface area (Å²) < 4.78 is 0. The first-order valence-electron chi connectivity index (χ1n) is 16.0. The zero-order valence-corrected chi connectivity index (χ0v) is 27.5. The number of fused-ring (bicyclic) bond motifs is 6. The molecule has 7 aromatic rings. The van der Waals surface area contributed by atoms with E-state index < -0.39 is 5.92 Å². The maximum Gasteiger partial charge on any atom is 0.196 e. The van der Waals surface area contributed by atoms with Crippen LogP contribution in [0.2, 0.25) is 0 Å². The quantitative estimate of drug-likeness (QED) is 0.106. The normalized spacial score (nSPS) is 11.0. The molecule has 236 valence electrons. The Labute approximate surface area is 299 Å². The first-order chi connectivity index (χ1) is 25.4. The molecule has 1 atom stereocenters. The summed E-state index contributed by atoms with van der Waals surface area (Å²) in [6.45, 7) is 25.7. The van der Waals surface area contributed by atoms with Crippen LogP contribution >= 0.6 is 0 Å². The lowest BCUT2D eigenvalue weighted by molar-refractivity contribution is 0.964. The average Bonchev–Trinajstić information content (AvgIpc) is 3.20. The van der Waals surface area contributed by atoms with Crippen molar-refractivity contribution in [2.45, 2.75) is 12.8 Å². The van der Waals surface area contributed by atoms with Gasteiger partial charge in [-0.1, -0.05) is 78.4 Å². The van der Waals surface area contributed by atoms with Crippen molar-refractivity contribution in [3.63, 3.8) is 0 Å². The van der Waals surface area contributed by atoms with Crippen molar-refractivity contribution in [3.05, 3.63) is 182 Å². The van der Waals surface area contributed by atoms with Crippen LogP contribution in [-0.4, -0.2) is 0 Å². The maximum atomic E-state index is 10.7. The number of aryl methyl sites for hydroxylation is 1. The molecule has 0 saturated carbocycles. The molecule has 0 spiro atoms. The largest absolute Gasteiger partial charge is 0.238 e. The number of hydrogen-bond acceptors (Lipinski definition) is 4. The fourth-order valence-corrected chi connectivity index (χ4v) is 7.30. The summed E-state index contributed by atoms with van der Waals surface area (Å²) in [4.78, 5) is 11.1. The summed E-state index contributed by atoms with van der Waals surface area (Å²) in [5.74, 6) is -1.09. The predicted octanol–water partition coefficient (Wildman–Crippen LogP) is 11.4. The van der Waals surface area contributed by atoms with Gasteiger partial charge in [-0.15, -0.1) is 0 Å². The highest BCUT2D eigenvalue weighted by Crippen LogP contribution is 2.47. The molecule has 7 aromatic carbocycles. The Morgan fingerprint density at radius 3 is 1.54 bits per heavy atom. The van der Waals surface area contributed by atoms with E-state index in [9.17, 15) is 21.0 Å². The fourth-order valence-electron chi connectivity index (χ4n) is 7.30. The second-order valence-corrected chi connectivity index (χ2v) is 12.2. The lowest BCUT2D eigenvalue weighted by Crippen LogP contribution is -2.11. The number of benzene rings is 7. The van der Waals surface area contributed by atoms with Gasteiger partial charge in [0.15, 0.2) is 17.1 Å². The Hall–Kier alpha value is -8.25. The van der Waals surface area contributed by atoms with E-state index >= 15 is 0 Å². The molecule has 0 aliphatic rings. The molecule has 0 heterocycles. The van der Waals surface area contributed by atoms with Gasteiger partial charge in [0.25, 0.3) is 0 Å². The molecule has 0 saturated heterocycles. The van der Waals surface area contributed by atoms with Crippen molar-refractivity contribution >= 4 is 49.4 Å². The third kappa shape index (κ3) is 5.09. The Bertz CT molecular complexity index is 2870. The van der Waals surface area contributed by atoms with Gasteiger partial charge in [-0.05, 0) is 91.8 Å². The standard InChI is InChI=1S/C45H21N7/c1-26-15-29(22-46)44(40(16-26)51-3)45(43-31(24-48)18-33(50-2)19-32(43)25-49)28-17-30(23-47)42(41(21-28)52-4)27-13-14-38-36-11-6-5-9-34(36)35-10-7-8-12-37(35)39(38)20-27/h5-21,45H,1H3. The van der Waals surface area contributed by atoms with E-state index in [0.29, 0.717) is 22.3 Å². The zero-order chi connectivity index (χ0) is 36.5. The molecule has 0 aromatic heterocycles. The minimum Gasteiger partial charge on any atom is -0.238 e. The molecule has 0 bridgehead atoms. The van der Waals surface area contributed by atoms with E-state index in [1.165, 1.54) is 12.1 Å². The van der Waals surface area contributed by atoms with E-state index in [0.717, 1.165) is 32.3 Å². The van der Waals surface area contributed by atoms with Crippen LogP contribution in [0.5, 0.6) is 0 Å². The van der Waals surface area contributed by atoms with Crippen LogP contribution < -0.4 is 0 Å². The van der Waals surface area contributed by atoms with Gasteiger partial charge in [0, 0.05) is 33.7 Å². The molecule has 7 nitrogen and oxygen atoms in total. The summed E-state index contributed by atoms with van der Waals surface area (Å²) in [5.41, 5.74) is 3.20. The fraction of sp³-hybridized carbons (Fsp3) is 0.0444. The molecular formula is C45H21N7. The van der Waals surface area contributed by atoms with Gasteiger partial charge in [0.05, 0.1) is 44.0 Å². The van der Waals surface area contributed by atoms with Gasteiger partial charge in [-0.3, -0.25) is 0 Å². The van der Waals surface area contributed by atoms with Crippen LogP contribution in [0.15, 0.2) is 103 Å². The first kappa shape index (κ1) is 32.3. The molecule has 0 aliphatic heterocycles. The van der Waals surface area contributed by atoms with Crippen molar-refractivity contribution in [2.75, 3.05) is 0 Å². The van der Waals surface area contributed by atoms with Crippen molar-refractivity contribution in [1.29, 1.82) is 21.0 Å². The minimum absolute atomic E-state index is 0.0102. The highest BCUT2D eigenvalue weighted by atomic mass is 14.7. The average molecular weight is 660 g/mol. The van der Waals surface area contributed by atoms with Gasteiger partial charge in [0.1, 0.15) is 0 Å². The first-order valence-corrected chi connectivity index (χ1v) is 16.0. The van der Waals surface area contributed by atoms with E-state index in [-0.39, 0.29) is 50.4 Å². The van der Waals surface area contributed by atoms with Crippen molar-refractivity contribution in [2.24, 2.45) is 0 Å². The van der Waals surface area contributed by atoms with E-state index in [2.05, 4.69) is 63.1 Å². The molecule has 0 amide bonds. The smallest absolute Gasteiger partial charge is 0.196 e. The van der Waals surface area contributed by atoms with Crippen molar-refractivity contribution in [1.82, 2.24) is 0 Å². The summed E-state index contributed by atoms with van der Waals surface area (Å²) in [7, 11) is 0. The molecule has 0 aliphatic carbocycles. The highest BCUT2D eigenvalue weighted by Gasteiger charge is 2.30. The SMILES string of the molecule is [C-]#[N+]c1cc(C#N)c(C(c2cc(C#N)c(-c3ccc4c5ccccc5c5ccccc5c4c3)c([N+]#[C-])c2)c2c(C#N)cc(C)cc2[N+]#[C-])c(C#N)c1. The minimum atomic E-state index is -1.09. The van der Waals surface area contributed by atoms with Crippen LogP contribution in [0.3, 0.4) is 0 Å². The number of rotatable bonds is 4. The van der Waals surface area contributed by atoms with Crippen LogP contribution in [0.4, 0.5) is 17.1 Å². The maximum absolute atomic E-state index is 10.7. The van der Waals surface area contributed by atoms with Gasteiger partial charge in [-0.25, -0.2) is 14.5 Å². The van der Waals surface area contributed by atoms with Crippen LogP contribution in [0, 0.1) is 72.0 Å². The molecule has 7 heteroatoms. The summed E-state index contributed by atoms with van der Waals surface area (Å²) in [6.07, 6.45) is 0. The van der Waals surface area contributed by atoms with Gasteiger partial charge in [0.2, 0.25) is 0 Å². The van der Waals surface area contributed by atoms with Gasteiger partial charge in [-0.2, -0.15) is 21.0 Å². The third-order valence-corrected chi connectivity index (χ3v) is 9.40. The van der Waals surface area contributed by atoms with Crippen molar-refractivity contribution in [3.8, 4) is 35.4 Å². The number of nitrogens with zero attached hydrogens (tertiary/aromatic N) is 7. The van der Waals surface area contributed by atoms with Crippen LogP contribution in [0.1, 0.15) is 50.4 Å². The molecule has 0 fully saturated rings. The monoisotopic (exact) mass is 659 g/mol. The lowest BCUT2D eigenvalue weighted by atomic mass is 9.76. The van der Waals surface area contributed by atoms with Crippen LogP contribution in [0.25, 0.3) is 58.0 Å². The third-order valence-electron chi connectivity index (χ3n) is 9.40. The number of hydrogen-bond donors (Lipinski definition) is 0. The number of nitriles is 4. The van der Waals surface area contributed by atoms with Gasteiger partial charge < -0.3 is 0 Å². The predicted molar refractivity (Wildman–Crippen MR) is 201 cm³/mol. The lowest BCUT2D eigenvalue weighted by Gasteiger charge is -2.25. The Kier molecular flexibility index (Phi) is 8.07. The van der Waals surface area contributed by atoms with E-state index in [4.69, 9.17) is 19.7 Å². The van der Waals surface area contributed by atoms with E-state index in [1.807, 2.05) is 42.5 Å².